The molecule has 1 aromatic carbocycles. The molecule has 23 heavy (non-hydrogen) atoms. The molecule has 122 valence electrons. The van der Waals surface area contributed by atoms with Crippen LogP contribution in [0.25, 0.3) is 0 Å². The van der Waals surface area contributed by atoms with E-state index in [9.17, 15) is 4.79 Å². The molecule has 0 aliphatic carbocycles. The van der Waals surface area contributed by atoms with Crippen LogP contribution in [0.15, 0.2) is 27.1 Å². The molecule has 2 aromatic rings. The number of hydrogen-bond acceptors (Lipinski definition) is 8. The van der Waals surface area contributed by atoms with Crippen LogP contribution < -0.4 is 20.6 Å². The molecule has 0 aliphatic heterocycles. The Morgan fingerprint density at radius 1 is 1.52 bits per heavy atom. The molecule has 0 saturated carbocycles. The maximum atomic E-state index is 11.2. The highest BCUT2D eigenvalue weighted by molar-refractivity contribution is 9.10. The topological polar surface area (TPSA) is 98.8 Å². The predicted octanol–water partition coefficient (Wildman–Crippen LogP) is 3.26. The van der Waals surface area contributed by atoms with E-state index in [-0.39, 0.29) is 0 Å². The third kappa shape index (κ3) is 4.93. The van der Waals surface area contributed by atoms with E-state index < -0.39 is 5.97 Å². The fourth-order valence-electron chi connectivity index (χ4n) is 1.65. The number of rotatable bonds is 6. The maximum absolute atomic E-state index is 11.2. The van der Waals surface area contributed by atoms with Crippen molar-refractivity contribution < 1.29 is 14.3 Å². The Balaban J connectivity index is 2.20. The number of nitrogen functional groups attached to an aromatic ring is 1. The van der Waals surface area contributed by atoms with Crippen molar-refractivity contribution in [3.63, 3.8) is 0 Å². The summed E-state index contributed by atoms with van der Waals surface area (Å²) in [5.74, 6) is 0.843. The second-order valence-corrected chi connectivity index (χ2v) is 6.01. The molecule has 0 spiro atoms. The van der Waals surface area contributed by atoms with E-state index in [1.54, 1.807) is 23.7 Å². The number of aromatic nitrogens is 1. The summed E-state index contributed by atoms with van der Waals surface area (Å²) in [5, 5.41) is 6.41. The van der Waals surface area contributed by atoms with Crippen LogP contribution in [0.5, 0.6) is 11.5 Å². The third-order valence-electron chi connectivity index (χ3n) is 2.50. The summed E-state index contributed by atoms with van der Waals surface area (Å²) in [5.41, 5.74) is 9.08. The van der Waals surface area contributed by atoms with Gasteiger partial charge in [0.05, 0.1) is 12.8 Å². The number of hydrogen-bond donors (Lipinski definition) is 2. The van der Waals surface area contributed by atoms with Crippen LogP contribution in [-0.2, 0) is 4.79 Å². The summed E-state index contributed by atoms with van der Waals surface area (Å²) in [7, 11) is 0. The molecule has 1 aromatic heterocycles. The van der Waals surface area contributed by atoms with Gasteiger partial charge in [-0.2, -0.15) is 5.10 Å². The van der Waals surface area contributed by atoms with E-state index in [1.165, 1.54) is 18.3 Å². The van der Waals surface area contributed by atoms with Crippen LogP contribution in [0.4, 0.5) is 10.9 Å². The van der Waals surface area contributed by atoms with Crippen molar-refractivity contribution in [2.24, 2.45) is 5.10 Å². The Morgan fingerprint density at radius 2 is 2.30 bits per heavy atom. The molecule has 0 bridgehead atoms. The molecule has 2 rings (SSSR count). The van der Waals surface area contributed by atoms with Crippen LogP contribution in [0.3, 0.4) is 0 Å². The number of hydrazone groups is 1. The van der Waals surface area contributed by atoms with E-state index in [0.29, 0.717) is 33.5 Å². The summed E-state index contributed by atoms with van der Waals surface area (Å²) in [6.07, 6.45) is 1.60. The molecule has 0 radical (unpaired) electrons. The van der Waals surface area contributed by atoms with Gasteiger partial charge in [-0.3, -0.25) is 10.2 Å². The van der Waals surface area contributed by atoms with Crippen LogP contribution in [0, 0.1) is 0 Å². The average Bonchev–Trinajstić information content (AvgIpc) is 2.88. The number of halogens is 1. The molecule has 3 N–H and O–H groups in total. The van der Waals surface area contributed by atoms with Gasteiger partial charge in [0.1, 0.15) is 5.82 Å². The normalized spacial score (nSPS) is 10.7. The van der Waals surface area contributed by atoms with Crippen molar-refractivity contribution in [1.29, 1.82) is 0 Å². The lowest BCUT2D eigenvalue weighted by molar-refractivity contribution is -0.132. The number of ether oxygens (including phenoxy) is 2. The Hall–Kier alpha value is -2.13. The van der Waals surface area contributed by atoms with Crippen LogP contribution in [-0.4, -0.2) is 23.8 Å². The van der Waals surface area contributed by atoms with Crippen molar-refractivity contribution in [1.82, 2.24) is 4.98 Å². The molecule has 7 nitrogen and oxygen atoms in total. The van der Waals surface area contributed by atoms with Crippen molar-refractivity contribution in [2.75, 3.05) is 17.8 Å². The minimum atomic E-state index is -0.415. The molecule has 1 heterocycles. The second kappa shape index (κ2) is 7.93. The van der Waals surface area contributed by atoms with Gasteiger partial charge in [-0.1, -0.05) is 0 Å². The van der Waals surface area contributed by atoms with Gasteiger partial charge in [0.2, 0.25) is 5.13 Å². The number of carbonyl (C=O) groups excluding carboxylic acids is 1. The fraction of sp³-hybridized carbons (Fsp3) is 0.214. The van der Waals surface area contributed by atoms with Gasteiger partial charge in [0.15, 0.2) is 11.5 Å². The zero-order valence-electron chi connectivity index (χ0n) is 12.5. The highest BCUT2D eigenvalue weighted by atomic mass is 79.9. The fourth-order valence-corrected chi connectivity index (χ4v) is 2.62. The van der Waals surface area contributed by atoms with Crippen LogP contribution >= 0.6 is 27.3 Å². The van der Waals surface area contributed by atoms with E-state index in [4.69, 9.17) is 15.2 Å². The average molecular weight is 399 g/mol. The van der Waals surface area contributed by atoms with Crippen LogP contribution in [0.2, 0.25) is 0 Å². The molecule has 0 atom stereocenters. The monoisotopic (exact) mass is 398 g/mol. The molecule has 0 unspecified atom stereocenters. The minimum Gasteiger partial charge on any atom is -0.490 e. The van der Waals surface area contributed by atoms with Gasteiger partial charge in [0.25, 0.3) is 0 Å². The van der Waals surface area contributed by atoms with Gasteiger partial charge in [0, 0.05) is 22.3 Å². The first-order valence-corrected chi connectivity index (χ1v) is 8.31. The number of nitrogens with zero attached hydrogens (tertiary/aromatic N) is 2. The maximum Gasteiger partial charge on any atom is 0.308 e. The van der Waals surface area contributed by atoms with Gasteiger partial charge < -0.3 is 15.2 Å². The molecular weight excluding hydrogens is 384 g/mol. The van der Waals surface area contributed by atoms with Crippen LogP contribution in [0.1, 0.15) is 19.4 Å². The Kier molecular flexibility index (Phi) is 5.94. The number of benzene rings is 1. The Labute approximate surface area is 145 Å². The van der Waals surface area contributed by atoms with Crippen molar-refractivity contribution in [3.8, 4) is 11.5 Å². The lowest BCUT2D eigenvalue weighted by atomic mass is 10.2. The number of anilines is 2. The molecule has 0 saturated heterocycles. The summed E-state index contributed by atoms with van der Waals surface area (Å²) in [6.45, 7) is 3.63. The van der Waals surface area contributed by atoms with E-state index >= 15 is 0 Å². The second-order valence-electron chi connectivity index (χ2n) is 4.29. The van der Waals surface area contributed by atoms with E-state index in [2.05, 4.69) is 31.4 Å². The summed E-state index contributed by atoms with van der Waals surface area (Å²) >= 11 is 4.77. The lowest BCUT2D eigenvalue weighted by Gasteiger charge is -2.11. The zero-order chi connectivity index (χ0) is 16.8. The zero-order valence-corrected chi connectivity index (χ0v) is 14.9. The number of nitrogens with one attached hydrogen (secondary N) is 1. The Morgan fingerprint density at radius 3 is 2.91 bits per heavy atom. The quantitative estimate of drug-likeness (QED) is 0.335. The summed E-state index contributed by atoms with van der Waals surface area (Å²) < 4.78 is 11.3. The SMILES string of the molecule is CCOc1cc(C=NNc2nc(N)cs2)c(Br)cc1OC(C)=O. The number of carbonyl (C=O) groups is 1. The van der Waals surface area contributed by atoms with Crippen molar-refractivity contribution >= 4 is 50.4 Å². The molecule has 0 amide bonds. The number of esters is 1. The van der Waals surface area contributed by atoms with E-state index in [1.807, 2.05) is 6.92 Å². The number of nitrogens with two attached hydrogens (primary N) is 1. The minimum absolute atomic E-state index is 0.351. The standard InChI is InChI=1S/C14H15BrN4O3S/c1-3-21-11-4-9(10(15)5-12(11)22-8(2)20)6-17-19-14-18-13(16)7-23-14/h4-7H,3,16H2,1-2H3,(H,18,19). The molecular formula is C14H15BrN4O3S. The number of thiazole rings is 1. The predicted molar refractivity (Wildman–Crippen MR) is 94.4 cm³/mol. The smallest absolute Gasteiger partial charge is 0.308 e. The van der Waals surface area contributed by atoms with Gasteiger partial charge in [-0.15, -0.1) is 11.3 Å². The summed E-state index contributed by atoms with van der Waals surface area (Å²) in [4.78, 5) is 15.2. The van der Waals surface area contributed by atoms with Crippen molar-refractivity contribution in [2.45, 2.75) is 13.8 Å². The van der Waals surface area contributed by atoms with Gasteiger partial charge in [-0.05, 0) is 35.0 Å². The molecule has 9 heteroatoms. The first-order chi connectivity index (χ1) is 11.0. The first-order valence-electron chi connectivity index (χ1n) is 6.64. The van der Waals surface area contributed by atoms with Gasteiger partial charge in [-0.25, -0.2) is 4.98 Å². The van der Waals surface area contributed by atoms with E-state index in [0.717, 1.165) is 5.56 Å². The third-order valence-corrected chi connectivity index (χ3v) is 3.95. The summed E-state index contributed by atoms with van der Waals surface area (Å²) in [6, 6.07) is 3.39. The molecule has 0 fully saturated rings. The largest absolute Gasteiger partial charge is 0.490 e. The highest BCUT2D eigenvalue weighted by Gasteiger charge is 2.11. The highest BCUT2D eigenvalue weighted by Crippen LogP contribution is 2.33. The lowest BCUT2D eigenvalue weighted by Crippen LogP contribution is -2.05. The Bertz CT molecular complexity index is 733. The van der Waals surface area contributed by atoms with Crippen molar-refractivity contribution in [3.05, 3.63) is 27.5 Å². The van der Waals surface area contributed by atoms with Gasteiger partial charge >= 0.3 is 5.97 Å². The first kappa shape index (κ1) is 17.2. The molecule has 0 aliphatic rings.